The maximum atomic E-state index is 3.67. The van der Waals surface area contributed by atoms with Gasteiger partial charge in [-0.1, -0.05) is 47.5 Å². The van der Waals surface area contributed by atoms with Gasteiger partial charge in [0.05, 0.1) is 0 Å². The van der Waals surface area contributed by atoms with Crippen molar-refractivity contribution in [3.05, 3.63) is 0 Å². The molecule has 1 N–H and O–H groups in total. The van der Waals surface area contributed by atoms with Gasteiger partial charge in [0.2, 0.25) is 0 Å². The van der Waals surface area contributed by atoms with Crippen molar-refractivity contribution in [2.45, 2.75) is 72.4 Å². The largest absolute Gasteiger partial charge is 0.312 e. The van der Waals surface area contributed by atoms with Gasteiger partial charge < -0.3 is 5.32 Å². The molecular formula is C12H27N. The highest BCUT2D eigenvalue weighted by Crippen LogP contribution is 2.18. The summed E-state index contributed by atoms with van der Waals surface area (Å²) < 4.78 is 0. The first kappa shape index (κ1) is 13.0. The van der Waals surface area contributed by atoms with Gasteiger partial charge in [-0.25, -0.2) is 0 Å². The summed E-state index contributed by atoms with van der Waals surface area (Å²) in [5.41, 5.74) is 0. The minimum absolute atomic E-state index is 0.621. The molecule has 0 aromatic rings. The summed E-state index contributed by atoms with van der Waals surface area (Å²) in [4.78, 5) is 0. The maximum Gasteiger partial charge on any atom is 0.00949 e. The van der Waals surface area contributed by atoms with E-state index in [2.05, 4.69) is 39.9 Å². The van der Waals surface area contributed by atoms with Crippen LogP contribution in [-0.2, 0) is 0 Å². The molecule has 0 aromatic heterocycles. The molecule has 0 radical (unpaired) electrons. The predicted octanol–water partition coefficient (Wildman–Crippen LogP) is 3.59. The van der Waals surface area contributed by atoms with Crippen LogP contribution in [0.25, 0.3) is 0 Å². The lowest BCUT2D eigenvalue weighted by Crippen LogP contribution is -2.39. The third-order valence-corrected chi connectivity index (χ3v) is 2.74. The molecular weight excluding hydrogens is 158 g/mol. The van der Waals surface area contributed by atoms with E-state index in [-0.39, 0.29) is 0 Å². The second kappa shape index (κ2) is 7.37. The molecule has 0 saturated carbocycles. The van der Waals surface area contributed by atoms with E-state index in [4.69, 9.17) is 0 Å². The Kier molecular flexibility index (Phi) is 7.35. The van der Waals surface area contributed by atoms with Crippen molar-refractivity contribution in [1.29, 1.82) is 0 Å². The fourth-order valence-corrected chi connectivity index (χ4v) is 2.08. The first-order valence-corrected chi connectivity index (χ1v) is 5.91. The molecule has 0 aliphatic heterocycles. The normalized spacial score (nSPS) is 16.2. The van der Waals surface area contributed by atoms with Crippen molar-refractivity contribution < 1.29 is 0 Å². The summed E-state index contributed by atoms with van der Waals surface area (Å²) in [6.07, 6.45) is 5.26. The Morgan fingerprint density at radius 3 is 1.92 bits per heavy atom. The molecule has 0 saturated heterocycles. The van der Waals surface area contributed by atoms with Crippen molar-refractivity contribution in [2.24, 2.45) is 5.92 Å². The van der Waals surface area contributed by atoms with E-state index < -0.39 is 0 Å². The topological polar surface area (TPSA) is 12.0 Å². The van der Waals surface area contributed by atoms with Crippen LogP contribution in [0.4, 0.5) is 0 Å². The van der Waals surface area contributed by atoms with Gasteiger partial charge in [0.25, 0.3) is 0 Å². The first-order valence-electron chi connectivity index (χ1n) is 5.91. The Bertz CT molecular complexity index is 110. The van der Waals surface area contributed by atoms with E-state index in [1.54, 1.807) is 0 Å². The van der Waals surface area contributed by atoms with Gasteiger partial charge in [-0.2, -0.15) is 0 Å². The van der Waals surface area contributed by atoms with E-state index in [0.717, 1.165) is 12.0 Å². The highest BCUT2D eigenvalue weighted by molar-refractivity contribution is 4.75. The lowest BCUT2D eigenvalue weighted by molar-refractivity contribution is 0.297. The highest BCUT2D eigenvalue weighted by Gasteiger charge is 2.17. The standard InChI is InChI=1S/C12H27N/c1-6-9-11(7-2)12(8-3)13-10(4)5/h10-13H,6-9H2,1-5H3. The molecule has 0 heterocycles. The van der Waals surface area contributed by atoms with Gasteiger partial charge >= 0.3 is 0 Å². The molecule has 2 unspecified atom stereocenters. The molecule has 0 spiro atoms. The van der Waals surface area contributed by atoms with Crippen LogP contribution >= 0.6 is 0 Å². The Morgan fingerprint density at radius 1 is 1.00 bits per heavy atom. The molecule has 1 heteroatoms. The van der Waals surface area contributed by atoms with E-state index in [9.17, 15) is 0 Å². The molecule has 0 rings (SSSR count). The van der Waals surface area contributed by atoms with E-state index in [0.29, 0.717) is 6.04 Å². The summed E-state index contributed by atoms with van der Waals surface area (Å²) in [7, 11) is 0. The van der Waals surface area contributed by atoms with Crippen LogP contribution in [0, 0.1) is 5.92 Å². The van der Waals surface area contributed by atoms with Crippen molar-refractivity contribution in [3.8, 4) is 0 Å². The van der Waals surface area contributed by atoms with Crippen LogP contribution in [0.5, 0.6) is 0 Å². The lowest BCUT2D eigenvalue weighted by atomic mass is 9.90. The summed E-state index contributed by atoms with van der Waals surface area (Å²) in [6.45, 7) is 11.4. The highest BCUT2D eigenvalue weighted by atomic mass is 14.9. The van der Waals surface area contributed by atoms with Crippen molar-refractivity contribution >= 4 is 0 Å². The number of rotatable bonds is 7. The second-order valence-electron chi connectivity index (χ2n) is 4.29. The molecule has 0 aromatic carbocycles. The summed E-state index contributed by atoms with van der Waals surface area (Å²) in [5, 5.41) is 3.67. The van der Waals surface area contributed by atoms with Gasteiger partial charge in [0, 0.05) is 12.1 Å². The van der Waals surface area contributed by atoms with E-state index >= 15 is 0 Å². The Morgan fingerprint density at radius 2 is 1.62 bits per heavy atom. The van der Waals surface area contributed by atoms with Crippen LogP contribution in [-0.4, -0.2) is 12.1 Å². The molecule has 0 aliphatic carbocycles. The van der Waals surface area contributed by atoms with E-state index in [1.165, 1.54) is 25.7 Å². The quantitative estimate of drug-likeness (QED) is 0.639. The molecule has 80 valence electrons. The molecule has 13 heavy (non-hydrogen) atoms. The van der Waals surface area contributed by atoms with Gasteiger partial charge in [-0.05, 0) is 18.8 Å². The SMILES string of the molecule is CCCC(CC)C(CC)NC(C)C. The van der Waals surface area contributed by atoms with Gasteiger partial charge in [0.15, 0.2) is 0 Å². The second-order valence-corrected chi connectivity index (χ2v) is 4.29. The minimum atomic E-state index is 0.621. The maximum absolute atomic E-state index is 3.67. The number of nitrogens with one attached hydrogen (secondary N) is 1. The fourth-order valence-electron chi connectivity index (χ4n) is 2.08. The van der Waals surface area contributed by atoms with Crippen LogP contribution in [0.2, 0.25) is 0 Å². The molecule has 0 amide bonds. The lowest BCUT2D eigenvalue weighted by Gasteiger charge is -2.28. The van der Waals surface area contributed by atoms with Crippen LogP contribution < -0.4 is 5.32 Å². The molecule has 2 atom stereocenters. The minimum Gasteiger partial charge on any atom is -0.312 e. The predicted molar refractivity (Wildman–Crippen MR) is 61.0 cm³/mol. The number of hydrogen-bond donors (Lipinski definition) is 1. The average Bonchev–Trinajstić information content (AvgIpc) is 2.10. The monoisotopic (exact) mass is 185 g/mol. The fraction of sp³-hybridized carbons (Fsp3) is 1.00. The average molecular weight is 185 g/mol. The Hall–Kier alpha value is -0.0400. The zero-order chi connectivity index (χ0) is 10.3. The van der Waals surface area contributed by atoms with Crippen molar-refractivity contribution in [1.82, 2.24) is 5.32 Å². The zero-order valence-corrected chi connectivity index (χ0v) is 10.1. The molecule has 0 bridgehead atoms. The van der Waals surface area contributed by atoms with Gasteiger partial charge in [-0.15, -0.1) is 0 Å². The smallest absolute Gasteiger partial charge is 0.00949 e. The third-order valence-electron chi connectivity index (χ3n) is 2.74. The number of hydrogen-bond acceptors (Lipinski definition) is 1. The van der Waals surface area contributed by atoms with Crippen LogP contribution in [0.3, 0.4) is 0 Å². The molecule has 0 fully saturated rings. The van der Waals surface area contributed by atoms with Crippen molar-refractivity contribution in [3.63, 3.8) is 0 Å². The Labute approximate surface area is 84.3 Å². The zero-order valence-electron chi connectivity index (χ0n) is 10.1. The first-order chi connectivity index (χ1) is 6.15. The molecule has 1 nitrogen and oxygen atoms in total. The van der Waals surface area contributed by atoms with E-state index in [1.807, 2.05) is 0 Å². The Balaban J connectivity index is 4.00. The van der Waals surface area contributed by atoms with Crippen LogP contribution in [0.15, 0.2) is 0 Å². The van der Waals surface area contributed by atoms with Crippen molar-refractivity contribution in [2.75, 3.05) is 0 Å². The van der Waals surface area contributed by atoms with Gasteiger partial charge in [0.1, 0.15) is 0 Å². The van der Waals surface area contributed by atoms with Crippen LogP contribution in [0.1, 0.15) is 60.3 Å². The third kappa shape index (κ3) is 5.30. The summed E-state index contributed by atoms with van der Waals surface area (Å²) >= 11 is 0. The summed E-state index contributed by atoms with van der Waals surface area (Å²) in [6, 6.07) is 1.35. The summed E-state index contributed by atoms with van der Waals surface area (Å²) in [5.74, 6) is 0.873. The molecule has 0 aliphatic rings. The van der Waals surface area contributed by atoms with Gasteiger partial charge in [-0.3, -0.25) is 0 Å².